The first kappa shape index (κ1) is 18.9. The van der Waals surface area contributed by atoms with Gasteiger partial charge in [0, 0.05) is 29.0 Å². The van der Waals surface area contributed by atoms with Gasteiger partial charge in [-0.1, -0.05) is 15.9 Å². The van der Waals surface area contributed by atoms with E-state index < -0.39 is 12.3 Å². The molecule has 7 nitrogen and oxygen atoms in total. The van der Waals surface area contributed by atoms with Crippen LogP contribution in [-0.4, -0.2) is 34.9 Å². The average molecular weight is 434 g/mol. The number of carboxylic acid groups (broad SMARTS) is 1. The fourth-order valence-electron chi connectivity index (χ4n) is 2.60. The number of ketones is 1. The molecule has 0 bridgehead atoms. The fourth-order valence-corrected chi connectivity index (χ4v) is 2.96. The van der Waals surface area contributed by atoms with E-state index in [0.717, 1.165) is 4.47 Å². The van der Waals surface area contributed by atoms with Crippen molar-refractivity contribution < 1.29 is 29.3 Å². The largest absolute Gasteiger partial charge is 0.507 e. The molecule has 0 saturated heterocycles. The number of hydrogen-bond acceptors (Lipinski definition) is 6. The van der Waals surface area contributed by atoms with Gasteiger partial charge in [0.05, 0.1) is 11.1 Å². The molecule has 2 aromatic carbocycles. The lowest BCUT2D eigenvalue weighted by atomic mass is 10.00. The van der Waals surface area contributed by atoms with Gasteiger partial charge in [-0.25, -0.2) is 4.79 Å². The summed E-state index contributed by atoms with van der Waals surface area (Å²) in [7, 11) is 0. The van der Waals surface area contributed by atoms with Crippen LogP contribution >= 0.6 is 15.9 Å². The zero-order chi connectivity index (χ0) is 19.6. The lowest BCUT2D eigenvalue weighted by Crippen LogP contribution is -2.33. The van der Waals surface area contributed by atoms with E-state index in [9.17, 15) is 14.7 Å². The van der Waals surface area contributed by atoms with Crippen molar-refractivity contribution in [2.75, 3.05) is 11.9 Å². The molecule has 1 aliphatic rings. The lowest BCUT2D eigenvalue weighted by Gasteiger charge is -2.27. The first-order valence-corrected chi connectivity index (χ1v) is 8.85. The van der Waals surface area contributed by atoms with Crippen molar-refractivity contribution in [3.8, 4) is 11.5 Å². The minimum atomic E-state index is -1.23. The molecule has 3 rings (SSSR count). The van der Waals surface area contributed by atoms with Crippen molar-refractivity contribution >= 4 is 33.4 Å². The molecular weight excluding hydrogens is 418 g/mol. The molecule has 27 heavy (non-hydrogen) atoms. The summed E-state index contributed by atoms with van der Waals surface area (Å²) in [6.45, 7) is 2.13. The van der Waals surface area contributed by atoms with E-state index in [1.54, 1.807) is 25.1 Å². The second-order valence-electron chi connectivity index (χ2n) is 5.66. The molecule has 1 heterocycles. The van der Waals surface area contributed by atoms with Crippen LogP contribution in [-0.2, 0) is 4.74 Å². The maximum Gasteiger partial charge on any atom is 0.339 e. The SMILES string of the molecule is CCOC1Oc2ccc(Br)cc2C(=O)/C1=C\Nc1ccc(C(=O)O)c(O)c1. The zero-order valence-electron chi connectivity index (χ0n) is 14.2. The first-order chi connectivity index (χ1) is 12.9. The minimum Gasteiger partial charge on any atom is -0.507 e. The molecular formula is C19H16BrNO6. The van der Waals surface area contributed by atoms with Crippen LogP contribution in [0.1, 0.15) is 27.6 Å². The van der Waals surface area contributed by atoms with Crippen LogP contribution in [0.15, 0.2) is 52.6 Å². The van der Waals surface area contributed by atoms with Crippen LogP contribution in [0, 0.1) is 0 Å². The Balaban J connectivity index is 1.91. The van der Waals surface area contributed by atoms with Gasteiger partial charge in [0.15, 0.2) is 0 Å². The molecule has 140 valence electrons. The monoisotopic (exact) mass is 433 g/mol. The molecule has 0 aliphatic carbocycles. The number of rotatable bonds is 5. The normalized spacial score (nSPS) is 17.3. The Labute approximate surface area is 163 Å². The van der Waals surface area contributed by atoms with Crippen molar-refractivity contribution in [2.45, 2.75) is 13.2 Å². The van der Waals surface area contributed by atoms with Crippen LogP contribution < -0.4 is 10.1 Å². The molecule has 0 saturated carbocycles. The molecule has 0 fully saturated rings. The Hall–Kier alpha value is -2.84. The Morgan fingerprint density at radius 3 is 2.78 bits per heavy atom. The van der Waals surface area contributed by atoms with E-state index in [1.807, 2.05) is 0 Å². The standard InChI is InChI=1S/C19H16BrNO6/c1-2-26-19-14(17(23)13-7-10(20)3-6-16(13)27-19)9-21-11-4-5-12(18(24)25)15(22)8-11/h3-9,19,21-22H,2H2,1H3,(H,24,25)/b14-9+. The van der Waals surface area contributed by atoms with E-state index in [1.165, 1.54) is 24.4 Å². The van der Waals surface area contributed by atoms with E-state index in [-0.39, 0.29) is 22.7 Å². The molecule has 0 spiro atoms. The van der Waals surface area contributed by atoms with Gasteiger partial charge in [-0.3, -0.25) is 4.79 Å². The summed E-state index contributed by atoms with van der Waals surface area (Å²) in [6, 6.07) is 9.14. The molecule has 1 atom stereocenters. The van der Waals surface area contributed by atoms with Crippen LogP contribution in [0.2, 0.25) is 0 Å². The highest BCUT2D eigenvalue weighted by Crippen LogP contribution is 2.33. The highest BCUT2D eigenvalue weighted by molar-refractivity contribution is 9.10. The third-order valence-electron chi connectivity index (χ3n) is 3.88. The number of aromatic carboxylic acids is 1. The number of benzene rings is 2. The highest BCUT2D eigenvalue weighted by atomic mass is 79.9. The smallest absolute Gasteiger partial charge is 0.339 e. The minimum absolute atomic E-state index is 0.212. The average Bonchev–Trinajstić information content (AvgIpc) is 2.62. The maximum atomic E-state index is 12.9. The van der Waals surface area contributed by atoms with Crippen molar-refractivity contribution in [2.24, 2.45) is 0 Å². The second-order valence-corrected chi connectivity index (χ2v) is 6.57. The van der Waals surface area contributed by atoms with Gasteiger partial charge < -0.3 is 25.0 Å². The summed E-state index contributed by atoms with van der Waals surface area (Å²) in [5, 5.41) is 21.6. The number of hydrogen-bond donors (Lipinski definition) is 3. The number of ether oxygens (including phenoxy) is 2. The number of anilines is 1. The van der Waals surface area contributed by atoms with Crippen LogP contribution in [0.3, 0.4) is 0 Å². The van der Waals surface area contributed by atoms with E-state index in [2.05, 4.69) is 21.2 Å². The number of carbonyl (C=O) groups is 2. The number of phenols is 1. The summed E-state index contributed by atoms with van der Waals surface area (Å²) in [5.41, 5.74) is 0.853. The summed E-state index contributed by atoms with van der Waals surface area (Å²) in [4.78, 5) is 23.8. The number of Topliss-reactive ketones (excluding diaryl/α,β-unsaturated/α-hetero) is 1. The number of fused-ring (bicyclic) bond motifs is 1. The number of halogens is 1. The first-order valence-electron chi connectivity index (χ1n) is 8.06. The van der Waals surface area contributed by atoms with Gasteiger partial charge in [0.2, 0.25) is 12.1 Å². The topological polar surface area (TPSA) is 105 Å². The van der Waals surface area contributed by atoms with Crippen molar-refractivity contribution in [1.29, 1.82) is 0 Å². The number of nitrogens with one attached hydrogen (secondary N) is 1. The van der Waals surface area contributed by atoms with E-state index in [0.29, 0.717) is 23.6 Å². The van der Waals surface area contributed by atoms with Gasteiger partial charge in [-0.15, -0.1) is 0 Å². The lowest BCUT2D eigenvalue weighted by molar-refractivity contribution is -0.0509. The summed E-state index contributed by atoms with van der Waals surface area (Å²) < 4.78 is 12.0. The van der Waals surface area contributed by atoms with E-state index in [4.69, 9.17) is 14.6 Å². The Kier molecular flexibility index (Phi) is 5.48. The summed E-state index contributed by atoms with van der Waals surface area (Å²) >= 11 is 3.34. The van der Waals surface area contributed by atoms with Gasteiger partial charge in [-0.2, -0.15) is 0 Å². The highest BCUT2D eigenvalue weighted by Gasteiger charge is 2.32. The maximum absolute atomic E-state index is 12.9. The molecule has 1 aliphatic heterocycles. The fraction of sp³-hybridized carbons (Fsp3) is 0.158. The Morgan fingerprint density at radius 2 is 2.11 bits per heavy atom. The Morgan fingerprint density at radius 1 is 1.33 bits per heavy atom. The van der Waals surface area contributed by atoms with Gasteiger partial charge in [0.25, 0.3) is 0 Å². The Bertz CT molecular complexity index is 940. The zero-order valence-corrected chi connectivity index (χ0v) is 15.8. The molecule has 8 heteroatoms. The summed E-state index contributed by atoms with van der Waals surface area (Å²) in [6.07, 6.45) is 0.553. The molecule has 3 N–H and O–H groups in total. The summed E-state index contributed by atoms with van der Waals surface area (Å²) in [5.74, 6) is -1.43. The van der Waals surface area contributed by atoms with E-state index >= 15 is 0 Å². The molecule has 1 unspecified atom stereocenters. The second kappa shape index (κ2) is 7.81. The molecule has 0 amide bonds. The third-order valence-corrected chi connectivity index (χ3v) is 4.37. The van der Waals surface area contributed by atoms with Crippen molar-refractivity contribution in [1.82, 2.24) is 0 Å². The molecule has 2 aromatic rings. The van der Waals surface area contributed by atoms with Crippen molar-refractivity contribution in [3.05, 3.63) is 63.8 Å². The van der Waals surface area contributed by atoms with Gasteiger partial charge >= 0.3 is 5.97 Å². The predicted molar refractivity (Wildman–Crippen MR) is 101 cm³/mol. The van der Waals surface area contributed by atoms with Crippen molar-refractivity contribution in [3.63, 3.8) is 0 Å². The molecule has 0 aromatic heterocycles. The third kappa shape index (κ3) is 3.96. The predicted octanol–water partition coefficient (Wildman–Crippen LogP) is 3.79. The number of carboxylic acids is 1. The number of aromatic hydroxyl groups is 1. The quantitative estimate of drug-likeness (QED) is 0.615. The number of carbonyl (C=O) groups excluding carboxylic acids is 1. The molecule has 0 radical (unpaired) electrons. The van der Waals surface area contributed by atoms with Gasteiger partial charge in [0.1, 0.15) is 17.1 Å². The van der Waals surface area contributed by atoms with Gasteiger partial charge in [-0.05, 0) is 37.3 Å². The van der Waals surface area contributed by atoms with Crippen LogP contribution in [0.25, 0.3) is 0 Å². The van der Waals surface area contributed by atoms with Crippen LogP contribution in [0.5, 0.6) is 11.5 Å². The van der Waals surface area contributed by atoms with Crippen LogP contribution in [0.4, 0.5) is 5.69 Å².